The van der Waals surface area contributed by atoms with Crippen LogP contribution in [0.5, 0.6) is 0 Å². The molecular weight excluding hydrogens is 715 g/mol. The first-order valence-electron chi connectivity index (χ1n) is 19.5. The summed E-state index contributed by atoms with van der Waals surface area (Å²) in [5, 5.41) is 14.3. The van der Waals surface area contributed by atoms with Crippen molar-refractivity contribution in [2.24, 2.45) is 0 Å². The second kappa shape index (κ2) is 10.9. The van der Waals surface area contributed by atoms with Crippen LogP contribution in [0.4, 0.5) is 0 Å². The van der Waals surface area contributed by atoms with Crippen LogP contribution < -0.4 is 0 Å². The van der Waals surface area contributed by atoms with E-state index in [0.29, 0.717) is 17.2 Å². The molecule has 0 aliphatic carbocycles. The van der Waals surface area contributed by atoms with Crippen LogP contribution in [0.15, 0.2) is 177 Å². The summed E-state index contributed by atoms with van der Waals surface area (Å²) < 4.78 is 22.7. The number of rotatable bonds is 2. The Hall–Kier alpha value is -7.96. The van der Waals surface area contributed by atoms with E-state index >= 15 is 0 Å². The Bertz CT molecular complexity index is 4110. The molecule has 58 heavy (non-hydrogen) atoms. The zero-order valence-electron chi connectivity index (χ0n) is 30.7. The highest BCUT2D eigenvalue weighted by molar-refractivity contribution is 6.38. The van der Waals surface area contributed by atoms with E-state index in [1.807, 2.05) is 30.3 Å². The van der Waals surface area contributed by atoms with Crippen molar-refractivity contribution in [1.29, 1.82) is 0 Å². The molecule has 14 aromatic rings. The van der Waals surface area contributed by atoms with Crippen molar-refractivity contribution in [3.8, 4) is 17.2 Å². The van der Waals surface area contributed by atoms with Gasteiger partial charge in [0.2, 0.25) is 5.95 Å². The van der Waals surface area contributed by atoms with Gasteiger partial charge < -0.3 is 13.3 Å². The van der Waals surface area contributed by atoms with Crippen LogP contribution in [0.25, 0.3) is 137 Å². The summed E-state index contributed by atoms with van der Waals surface area (Å²) in [5.41, 5.74) is 8.66. The first-order valence-corrected chi connectivity index (χ1v) is 19.5. The molecule has 6 heteroatoms. The van der Waals surface area contributed by atoms with Gasteiger partial charge in [0.15, 0.2) is 11.2 Å². The van der Waals surface area contributed by atoms with Crippen LogP contribution in [0, 0.1) is 0 Å². The molecule has 14 rings (SSSR count). The van der Waals surface area contributed by atoms with Crippen LogP contribution >= 0.6 is 0 Å². The third-order valence-corrected chi connectivity index (χ3v) is 12.2. The molecule has 0 saturated heterocycles. The van der Waals surface area contributed by atoms with Gasteiger partial charge in [-0.2, -0.15) is 0 Å². The molecule has 268 valence electrons. The fourth-order valence-electron chi connectivity index (χ4n) is 9.76. The first kappa shape index (κ1) is 30.3. The number of furan rings is 3. The molecule has 6 nitrogen and oxygen atoms in total. The highest BCUT2D eigenvalue weighted by atomic mass is 16.3. The minimum absolute atomic E-state index is 0.514. The highest BCUT2D eigenvalue weighted by Gasteiger charge is 2.28. The van der Waals surface area contributed by atoms with E-state index in [4.69, 9.17) is 23.2 Å². The quantitative estimate of drug-likeness (QED) is 0.176. The predicted octanol–water partition coefficient (Wildman–Crippen LogP) is 14.4. The van der Waals surface area contributed by atoms with Crippen LogP contribution in [0.3, 0.4) is 0 Å². The number of para-hydroxylation sites is 3. The summed E-state index contributed by atoms with van der Waals surface area (Å²) in [5.74, 6) is 0.514. The molecule has 0 unspecified atom stereocenters. The number of fused-ring (bicyclic) bond motifs is 20. The number of aromatic nitrogens is 3. The fourth-order valence-corrected chi connectivity index (χ4v) is 9.76. The molecule has 0 N–H and O–H groups in total. The van der Waals surface area contributed by atoms with Gasteiger partial charge >= 0.3 is 0 Å². The summed E-state index contributed by atoms with van der Waals surface area (Å²) in [6.07, 6.45) is 0. The minimum atomic E-state index is 0.514. The molecule has 0 spiro atoms. The molecule has 0 aliphatic rings. The van der Waals surface area contributed by atoms with Crippen molar-refractivity contribution in [3.63, 3.8) is 0 Å². The van der Waals surface area contributed by atoms with Gasteiger partial charge in [-0.3, -0.25) is 4.57 Å². The molecule has 0 atom stereocenters. The number of nitrogens with zero attached hydrogens (tertiary/aromatic N) is 3. The van der Waals surface area contributed by atoms with E-state index in [0.717, 1.165) is 120 Å². The molecule has 5 aromatic heterocycles. The topological polar surface area (TPSA) is 70.1 Å². The molecule has 0 aliphatic heterocycles. The van der Waals surface area contributed by atoms with Crippen molar-refractivity contribution >= 4 is 120 Å². The van der Waals surface area contributed by atoms with Gasteiger partial charge in [0.1, 0.15) is 39.1 Å². The van der Waals surface area contributed by atoms with Crippen molar-refractivity contribution in [1.82, 2.24) is 14.5 Å². The van der Waals surface area contributed by atoms with Crippen LogP contribution in [0.1, 0.15) is 0 Å². The number of hydrogen-bond acceptors (Lipinski definition) is 5. The van der Waals surface area contributed by atoms with Crippen molar-refractivity contribution in [3.05, 3.63) is 164 Å². The van der Waals surface area contributed by atoms with E-state index in [1.54, 1.807) is 0 Å². The molecule has 0 saturated carbocycles. The average Bonchev–Trinajstić information content (AvgIpc) is 4.05. The molecule has 0 radical (unpaired) electrons. The molecule has 0 fully saturated rings. The molecule has 0 amide bonds. The monoisotopic (exact) mass is 741 g/mol. The van der Waals surface area contributed by atoms with Gasteiger partial charge in [0.25, 0.3) is 0 Å². The van der Waals surface area contributed by atoms with E-state index in [2.05, 4.69) is 138 Å². The van der Waals surface area contributed by atoms with E-state index in [1.165, 1.54) is 0 Å². The standard InChI is InChI=1S/C52H27N3O3/c1-3-14-30-29(13-1)25-27-41-42(30)36-20-11-21-37(49(36)58-41)47-51-46(35-19-8-10-23-40(35)57-51)53-52(54-47)55-38-26-24-28-12-2-4-15-31(28)44(38)45-33-17-6-5-16-32(33)43-34-18-7-9-22-39(34)56-50(43)48(45)55/h1-27H. The Morgan fingerprint density at radius 2 is 0.948 bits per heavy atom. The van der Waals surface area contributed by atoms with E-state index in [9.17, 15) is 0 Å². The van der Waals surface area contributed by atoms with Crippen molar-refractivity contribution in [2.45, 2.75) is 0 Å². The minimum Gasteiger partial charge on any atom is -0.455 e. The summed E-state index contributed by atoms with van der Waals surface area (Å²) >= 11 is 0. The summed E-state index contributed by atoms with van der Waals surface area (Å²) in [4.78, 5) is 11.0. The Morgan fingerprint density at radius 3 is 1.74 bits per heavy atom. The zero-order valence-corrected chi connectivity index (χ0v) is 30.7. The second-order valence-electron chi connectivity index (χ2n) is 15.2. The SMILES string of the molecule is c1ccc2c(c1)ccc1oc3c(-c4nc(-n5c6ccc7ccccc7c6c6c7ccccc7c7c8ccccc8oc7c65)nc5c4oc4ccccc45)cccc3c12. The average molecular weight is 742 g/mol. The van der Waals surface area contributed by atoms with Gasteiger partial charge in [-0.25, -0.2) is 9.97 Å². The fraction of sp³-hybridized carbons (Fsp3) is 0. The third-order valence-electron chi connectivity index (χ3n) is 12.2. The summed E-state index contributed by atoms with van der Waals surface area (Å²) in [7, 11) is 0. The maximum atomic E-state index is 6.95. The third kappa shape index (κ3) is 3.81. The summed E-state index contributed by atoms with van der Waals surface area (Å²) in [6, 6.07) is 57.0. The Labute approximate surface area is 327 Å². The van der Waals surface area contributed by atoms with Crippen molar-refractivity contribution < 1.29 is 13.3 Å². The zero-order chi connectivity index (χ0) is 37.6. The normalized spacial score (nSPS) is 12.5. The van der Waals surface area contributed by atoms with Crippen molar-refractivity contribution in [2.75, 3.05) is 0 Å². The Morgan fingerprint density at radius 1 is 0.362 bits per heavy atom. The van der Waals surface area contributed by atoms with E-state index in [-0.39, 0.29) is 0 Å². The lowest BCUT2D eigenvalue weighted by Gasteiger charge is -2.10. The molecule has 9 aromatic carbocycles. The molecule has 5 heterocycles. The summed E-state index contributed by atoms with van der Waals surface area (Å²) in [6.45, 7) is 0. The van der Waals surface area contributed by atoms with Gasteiger partial charge in [-0.1, -0.05) is 127 Å². The lowest BCUT2D eigenvalue weighted by molar-refractivity contribution is 0.662. The second-order valence-corrected chi connectivity index (χ2v) is 15.2. The lowest BCUT2D eigenvalue weighted by atomic mass is 9.97. The largest absolute Gasteiger partial charge is 0.455 e. The maximum absolute atomic E-state index is 6.95. The number of hydrogen-bond donors (Lipinski definition) is 0. The molecular formula is C52H27N3O3. The Kier molecular flexibility index (Phi) is 5.68. The van der Waals surface area contributed by atoms with E-state index < -0.39 is 0 Å². The van der Waals surface area contributed by atoms with Gasteiger partial charge in [-0.15, -0.1) is 0 Å². The Balaban J connectivity index is 1.20. The highest BCUT2D eigenvalue weighted by Crippen LogP contribution is 2.48. The predicted molar refractivity (Wildman–Crippen MR) is 236 cm³/mol. The maximum Gasteiger partial charge on any atom is 0.236 e. The van der Waals surface area contributed by atoms with Crippen LogP contribution in [0.2, 0.25) is 0 Å². The number of benzene rings is 9. The van der Waals surface area contributed by atoms with Gasteiger partial charge in [0.05, 0.1) is 5.52 Å². The van der Waals surface area contributed by atoms with Crippen LogP contribution in [-0.4, -0.2) is 14.5 Å². The smallest absolute Gasteiger partial charge is 0.236 e. The van der Waals surface area contributed by atoms with Crippen LogP contribution in [-0.2, 0) is 0 Å². The molecule has 0 bridgehead atoms. The first-order chi connectivity index (χ1) is 28.8. The van der Waals surface area contributed by atoms with Gasteiger partial charge in [0, 0.05) is 43.3 Å². The van der Waals surface area contributed by atoms with Gasteiger partial charge in [-0.05, 0) is 68.7 Å². The lowest BCUT2D eigenvalue weighted by Crippen LogP contribution is -2.03.